The Bertz CT molecular complexity index is 1020. The van der Waals surface area contributed by atoms with E-state index in [1.807, 2.05) is 0 Å². The summed E-state index contributed by atoms with van der Waals surface area (Å²) in [5.74, 6) is -0.438. The Morgan fingerprint density at radius 3 is 2.65 bits per heavy atom. The van der Waals surface area contributed by atoms with Gasteiger partial charge in [0.05, 0.1) is 12.2 Å². The van der Waals surface area contributed by atoms with E-state index in [-0.39, 0.29) is 23.8 Å². The molecular formula is C18H14BrFN4O2. The van der Waals surface area contributed by atoms with Crippen LogP contribution in [0.1, 0.15) is 10.4 Å². The molecule has 0 spiro atoms. The third kappa shape index (κ3) is 3.85. The molecule has 0 saturated heterocycles. The molecule has 2 heterocycles. The van der Waals surface area contributed by atoms with Crippen molar-refractivity contribution in [3.63, 3.8) is 0 Å². The average molecular weight is 417 g/mol. The Balaban J connectivity index is 1.84. The minimum atomic E-state index is -0.435. The topological polar surface area (TPSA) is 76.9 Å². The molecular weight excluding hydrogens is 403 g/mol. The van der Waals surface area contributed by atoms with Gasteiger partial charge in [-0.25, -0.2) is 9.37 Å². The lowest BCUT2D eigenvalue weighted by atomic mass is 10.1. The van der Waals surface area contributed by atoms with Crippen LogP contribution in [-0.4, -0.2) is 26.9 Å². The maximum Gasteiger partial charge on any atom is 0.255 e. The average Bonchev–Trinajstić information content (AvgIpc) is 2.63. The largest absolute Gasteiger partial charge is 0.348 e. The number of carbonyl (C=O) groups is 1. The van der Waals surface area contributed by atoms with Crippen LogP contribution in [0.25, 0.3) is 11.3 Å². The highest BCUT2D eigenvalue weighted by Gasteiger charge is 2.13. The summed E-state index contributed by atoms with van der Waals surface area (Å²) in [6.45, 7) is -0.0929. The normalized spacial score (nSPS) is 10.6. The van der Waals surface area contributed by atoms with E-state index in [0.717, 1.165) is 5.56 Å². The van der Waals surface area contributed by atoms with Crippen molar-refractivity contribution >= 4 is 27.7 Å². The summed E-state index contributed by atoms with van der Waals surface area (Å²) in [7, 11) is 1.56. The molecule has 0 radical (unpaired) electrons. The molecule has 0 saturated carbocycles. The van der Waals surface area contributed by atoms with E-state index in [9.17, 15) is 14.0 Å². The minimum Gasteiger partial charge on any atom is -0.348 e. The first-order chi connectivity index (χ1) is 12.5. The van der Waals surface area contributed by atoms with Gasteiger partial charge in [0.25, 0.3) is 5.56 Å². The number of rotatable bonds is 5. The number of nitrogens with one attached hydrogen (secondary N) is 1. The fourth-order valence-electron chi connectivity index (χ4n) is 2.34. The van der Waals surface area contributed by atoms with Crippen molar-refractivity contribution in [3.8, 4) is 11.3 Å². The maximum absolute atomic E-state index is 13.2. The number of ketones is 1. The van der Waals surface area contributed by atoms with Crippen LogP contribution in [0.3, 0.4) is 0 Å². The highest BCUT2D eigenvalue weighted by molar-refractivity contribution is 9.10. The highest BCUT2D eigenvalue weighted by Crippen LogP contribution is 2.19. The molecule has 0 amide bonds. The molecule has 3 rings (SSSR count). The number of nitrogens with zero attached hydrogens (tertiary/aromatic N) is 3. The molecule has 3 aromatic rings. The lowest BCUT2D eigenvalue weighted by molar-refractivity contribution is 0.100. The Labute approximate surface area is 156 Å². The standard InChI is InChI=1S/C18H14BrFN4O2/c1-24-17(26)9-15(11-4-6-21-7-5-11)23-18(24)22-10-16(25)13-3-2-12(20)8-14(13)19/h2-9H,10H2,1H3,(H,22,23). The van der Waals surface area contributed by atoms with Crippen LogP contribution in [-0.2, 0) is 7.05 Å². The smallest absolute Gasteiger partial charge is 0.255 e. The quantitative estimate of drug-likeness (QED) is 0.646. The van der Waals surface area contributed by atoms with Crippen LogP contribution in [0.4, 0.5) is 10.3 Å². The molecule has 26 heavy (non-hydrogen) atoms. The number of benzene rings is 1. The first-order valence-electron chi connectivity index (χ1n) is 7.66. The molecule has 0 aliphatic rings. The second-order valence-corrected chi connectivity index (χ2v) is 6.35. The van der Waals surface area contributed by atoms with Gasteiger partial charge in [0.2, 0.25) is 5.95 Å². The Kier molecular flexibility index (Phi) is 5.22. The molecule has 1 N–H and O–H groups in total. The fourth-order valence-corrected chi connectivity index (χ4v) is 2.91. The molecule has 0 atom stereocenters. The highest BCUT2D eigenvalue weighted by atomic mass is 79.9. The molecule has 1 aromatic carbocycles. The number of hydrogen-bond donors (Lipinski definition) is 1. The van der Waals surface area contributed by atoms with E-state index in [1.54, 1.807) is 31.6 Å². The lowest BCUT2D eigenvalue weighted by Crippen LogP contribution is -2.24. The Hall–Kier alpha value is -2.87. The van der Waals surface area contributed by atoms with Crippen molar-refractivity contribution in [2.75, 3.05) is 11.9 Å². The van der Waals surface area contributed by atoms with Gasteiger partial charge in [-0.3, -0.25) is 19.1 Å². The van der Waals surface area contributed by atoms with Crippen LogP contribution < -0.4 is 10.9 Å². The van der Waals surface area contributed by atoms with Crippen molar-refractivity contribution < 1.29 is 9.18 Å². The SMILES string of the molecule is Cn1c(NCC(=O)c2ccc(F)cc2Br)nc(-c2ccncc2)cc1=O. The van der Waals surface area contributed by atoms with Gasteiger partial charge in [0.15, 0.2) is 5.78 Å². The van der Waals surface area contributed by atoms with Gasteiger partial charge in [-0.1, -0.05) is 0 Å². The summed E-state index contributed by atoms with van der Waals surface area (Å²) < 4.78 is 14.8. The van der Waals surface area contributed by atoms with Crippen molar-refractivity contribution in [1.82, 2.24) is 14.5 Å². The van der Waals surface area contributed by atoms with Gasteiger partial charge in [0.1, 0.15) is 5.82 Å². The zero-order valence-corrected chi connectivity index (χ0v) is 15.3. The van der Waals surface area contributed by atoms with E-state index in [2.05, 4.69) is 31.2 Å². The summed E-state index contributed by atoms with van der Waals surface area (Å²) in [4.78, 5) is 32.9. The van der Waals surface area contributed by atoms with E-state index in [4.69, 9.17) is 0 Å². The van der Waals surface area contributed by atoms with E-state index in [0.29, 0.717) is 15.7 Å². The van der Waals surface area contributed by atoms with Crippen molar-refractivity contribution in [2.45, 2.75) is 0 Å². The number of aromatic nitrogens is 3. The lowest BCUT2D eigenvalue weighted by Gasteiger charge is -2.11. The summed E-state index contributed by atoms with van der Waals surface area (Å²) in [6, 6.07) is 8.75. The molecule has 0 unspecified atom stereocenters. The molecule has 0 bridgehead atoms. The van der Waals surface area contributed by atoms with Gasteiger partial charge >= 0.3 is 0 Å². The second-order valence-electron chi connectivity index (χ2n) is 5.50. The number of anilines is 1. The fraction of sp³-hybridized carbons (Fsp3) is 0.111. The monoisotopic (exact) mass is 416 g/mol. The molecule has 132 valence electrons. The van der Waals surface area contributed by atoms with Crippen molar-refractivity contribution in [3.05, 3.63) is 75.0 Å². The van der Waals surface area contributed by atoms with Gasteiger partial charge in [-0.05, 0) is 46.3 Å². The predicted octanol–water partition coefficient (Wildman–Crippen LogP) is 3.04. The first-order valence-corrected chi connectivity index (χ1v) is 8.45. The molecule has 0 fully saturated rings. The van der Waals surface area contributed by atoms with Crippen LogP contribution in [0.5, 0.6) is 0 Å². The number of Topliss-reactive ketones (excluding diaryl/α,β-unsaturated/α-hetero) is 1. The predicted molar refractivity (Wildman–Crippen MR) is 99.6 cm³/mol. The Morgan fingerprint density at radius 2 is 1.96 bits per heavy atom. The first kappa shape index (κ1) is 17.9. The van der Waals surface area contributed by atoms with Crippen molar-refractivity contribution in [1.29, 1.82) is 0 Å². The summed E-state index contributed by atoms with van der Waals surface area (Å²) in [5.41, 5.74) is 1.31. The van der Waals surface area contributed by atoms with E-state index < -0.39 is 5.82 Å². The number of pyridine rings is 1. The maximum atomic E-state index is 13.2. The van der Waals surface area contributed by atoms with Crippen LogP contribution in [0, 0.1) is 5.82 Å². The van der Waals surface area contributed by atoms with Crippen LogP contribution in [0.15, 0.2) is 58.1 Å². The van der Waals surface area contributed by atoms with Gasteiger partial charge in [0, 0.05) is 41.1 Å². The number of hydrogen-bond acceptors (Lipinski definition) is 5. The molecule has 6 nitrogen and oxygen atoms in total. The van der Waals surface area contributed by atoms with Crippen LogP contribution in [0.2, 0.25) is 0 Å². The Morgan fingerprint density at radius 1 is 1.23 bits per heavy atom. The van der Waals surface area contributed by atoms with E-state index >= 15 is 0 Å². The van der Waals surface area contributed by atoms with Crippen LogP contribution >= 0.6 is 15.9 Å². The van der Waals surface area contributed by atoms with Crippen molar-refractivity contribution in [2.24, 2.45) is 7.05 Å². The van der Waals surface area contributed by atoms with Gasteiger partial charge in [-0.2, -0.15) is 0 Å². The van der Waals surface area contributed by atoms with Gasteiger partial charge in [-0.15, -0.1) is 0 Å². The summed E-state index contributed by atoms with van der Waals surface area (Å²) in [6.07, 6.45) is 3.22. The molecule has 2 aromatic heterocycles. The second kappa shape index (κ2) is 7.57. The molecule has 0 aliphatic carbocycles. The van der Waals surface area contributed by atoms with Gasteiger partial charge < -0.3 is 5.32 Å². The summed E-state index contributed by atoms with van der Waals surface area (Å²) in [5, 5.41) is 2.88. The third-order valence-electron chi connectivity index (χ3n) is 3.75. The van der Waals surface area contributed by atoms with E-state index in [1.165, 1.54) is 28.8 Å². The third-order valence-corrected chi connectivity index (χ3v) is 4.41. The molecule has 0 aliphatic heterocycles. The number of halogens is 2. The molecule has 8 heteroatoms. The summed E-state index contributed by atoms with van der Waals surface area (Å²) >= 11 is 3.18. The minimum absolute atomic E-state index is 0.0929. The number of carbonyl (C=O) groups excluding carboxylic acids is 1. The zero-order valence-electron chi connectivity index (χ0n) is 13.7. The zero-order chi connectivity index (χ0) is 18.7.